The molecule has 7 rings (SSSR count). The number of hydrogen-bond acceptors (Lipinski definition) is 7. The van der Waals surface area contributed by atoms with Crippen LogP contribution < -0.4 is 10.1 Å². The lowest BCUT2D eigenvalue weighted by Gasteiger charge is -2.35. The van der Waals surface area contributed by atoms with Crippen LogP contribution in [0, 0.1) is 0 Å². The summed E-state index contributed by atoms with van der Waals surface area (Å²) in [7, 11) is 1.66. The number of rotatable bonds is 8. The molecule has 3 aliphatic rings. The number of aromatic nitrogens is 2. The molecule has 4 aromatic rings. The third-order valence-electron chi connectivity index (χ3n) is 9.02. The van der Waals surface area contributed by atoms with Crippen LogP contribution in [0.15, 0.2) is 72.8 Å². The largest absolute Gasteiger partial charge is 0.497 e. The number of carboxylic acid groups (broad SMARTS) is 2. The highest BCUT2D eigenvalue weighted by molar-refractivity contribution is 6.10. The molecule has 1 aliphatic carbocycles. The van der Waals surface area contributed by atoms with Crippen LogP contribution in [-0.4, -0.2) is 75.6 Å². The first kappa shape index (κ1) is 32.7. The number of H-pyrrole nitrogens is 1. The van der Waals surface area contributed by atoms with Gasteiger partial charge in [0, 0.05) is 48.8 Å². The van der Waals surface area contributed by atoms with E-state index in [-0.39, 0.29) is 24.0 Å². The summed E-state index contributed by atoms with van der Waals surface area (Å²) in [6, 6.07) is 21.0. The molecular formula is C37H38N4O7. The van der Waals surface area contributed by atoms with Crippen LogP contribution in [0.4, 0.5) is 5.69 Å². The van der Waals surface area contributed by atoms with Gasteiger partial charge in [0.25, 0.3) is 0 Å². The molecule has 3 aromatic carbocycles. The number of carbonyl (C=O) groups excluding carboxylic acids is 1. The zero-order valence-corrected chi connectivity index (χ0v) is 27.0. The molecule has 11 heteroatoms. The quantitative estimate of drug-likeness (QED) is 0.183. The summed E-state index contributed by atoms with van der Waals surface area (Å²) in [6.45, 7) is 7.16. The molecule has 4 N–H and O–H groups in total. The van der Waals surface area contributed by atoms with E-state index in [1.54, 1.807) is 7.11 Å². The van der Waals surface area contributed by atoms with Gasteiger partial charge in [-0.2, -0.15) is 5.10 Å². The SMILES string of the molecule is COc1ccc2c(c1)[C@]1(C[C@H]1c1ccc3c(/C=C/c4ccc(CN5C[C@@H](C)O[C@@H](C)C5)cc4)n[nH]c3c1)C(=O)N2.O=C(O)/C=C/C(=O)O. The maximum atomic E-state index is 13.0. The van der Waals surface area contributed by atoms with E-state index in [1.807, 2.05) is 18.2 Å². The van der Waals surface area contributed by atoms with E-state index in [4.69, 9.17) is 19.7 Å². The van der Waals surface area contributed by atoms with Crippen molar-refractivity contribution in [2.45, 2.75) is 50.4 Å². The predicted octanol–water partition coefficient (Wildman–Crippen LogP) is 5.44. The number of anilines is 1. The number of ether oxygens (including phenoxy) is 2. The molecule has 1 amide bonds. The van der Waals surface area contributed by atoms with Gasteiger partial charge in [-0.1, -0.05) is 42.5 Å². The summed E-state index contributed by atoms with van der Waals surface area (Å²) in [5.74, 6) is -1.53. The zero-order valence-electron chi connectivity index (χ0n) is 27.0. The second-order valence-electron chi connectivity index (χ2n) is 12.5. The van der Waals surface area contributed by atoms with E-state index in [1.165, 1.54) is 5.56 Å². The average molecular weight is 651 g/mol. The molecule has 1 spiro atoms. The van der Waals surface area contributed by atoms with E-state index in [2.05, 4.69) is 88.9 Å². The second kappa shape index (κ2) is 13.5. The molecule has 2 aliphatic heterocycles. The maximum Gasteiger partial charge on any atom is 0.328 e. The fourth-order valence-electron chi connectivity index (χ4n) is 6.82. The Hall–Kier alpha value is -5.26. The Morgan fingerprint density at radius 3 is 2.38 bits per heavy atom. The Balaban J connectivity index is 0.000000449. The van der Waals surface area contributed by atoms with E-state index < -0.39 is 17.4 Å². The normalized spacial score (nSPS) is 23.2. The fraction of sp³-hybridized carbons (Fsp3) is 0.297. The molecule has 1 aromatic heterocycles. The topological polar surface area (TPSA) is 154 Å². The Morgan fingerprint density at radius 2 is 1.71 bits per heavy atom. The van der Waals surface area contributed by atoms with Crippen molar-refractivity contribution in [2.75, 3.05) is 25.5 Å². The van der Waals surface area contributed by atoms with Crippen molar-refractivity contribution in [3.05, 3.63) is 101 Å². The van der Waals surface area contributed by atoms with E-state index >= 15 is 0 Å². The maximum absolute atomic E-state index is 13.0. The van der Waals surface area contributed by atoms with Gasteiger partial charge < -0.3 is 25.0 Å². The van der Waals surface area contributed by atoms with Crippen molar-refractivity contribution in [1.82, 2.24) is 15.1 Å². The Morgan fingerprint density at radius 1 is 1.00 bits per heavy atom. The molecule has 2 fully saturated rings. The number of aromatic amines is 1. The first-order valence-corrected chi connectivity index (χ1v) is 15.8. The summed E-state index contributed by atoms with van der Waals surface area (Å²) in [5, 5.41) is 27.5. The molecule has 11 nitrogen and oxygen atoms in total. The van der Waals surface area contributed by atoms with Gasteiger partial charge in [0.15, 0.2) is 0 Å². The monoisotopic (exact) mass is 650 g/mol. The number of morpholine rings is 1. The molecule has 248 valence electrons. The predicted molar refractivity (Wildman–Crippen MR) is 182 cm³/mol. The van der Waals surface area contributed by atoms with Crippen molar-refractivity contribution in [2.24, 2.45) is 0 Å². The van der Waals surface area contributed by atoms with Crippen LogP contribution in [0.3, 0.4) is 0 Å². The molecule has 0 unspecified atom stereocenters. The van der Waals surface area contributed by atoms with Crippen LogP contribution in [0.25, 0.3) is 23.1 Å². The first-order valence-electron chi connectivity index (χ1n) is 15.8. The number of fused-ring (bicyclic) bond motifs is 3. The van der Waals surface area contributed by atoms with Crippen LogP contribution in [0.1, 0.15) is 54.1 Å². The Kier molecular flexibility index (Phi) is 9.16. The van der Waals surface area contributed by atoms with Crippen molar-refractivity contribution in [1.29, 1.82) is 0 Å². The Bertz CT molecular complexity index is 1890. The lowest BCUT2D eigenvalue weighted by atomic mass is 9.91. The van der Waals surface area contributed by atoms with Crippen molar-refractivity contribution in [3.8, 4) is 5.75 Å². The number of carboxylic acids is 2. The number of carbonyl (C=O) groups is 3. The van der Waals surface area contributed by atoms with E-state index in [0.29, 0.717) is 12.2 Å². The summed E-state index contributed by atoms with van der Waals surface area (Å²) >= 11 is 0. The molecule has 48 heavy (non-hydrogen) atoms. The second-order valence-corrected chi connectivity index (χ2v) is 12.5. The highest BCUT2D eigenvalue weighted by Gasteiger charge is 2.65. The lowest BCUT2D eigenvalue weighted by molar-refractivity contribution is -0.134. The summed E-state index contributed by atoms with van der Waals surface area (Å²) < 4.78 is 11.3. The number of nitrogens with one attached hydrogen (secondary N) is 2. The number of hydrogen-bond donors (Lipinski definition) is 4. The molecule has 1 saturated carbocycles. The van der Waals surface area contributed by atoms with Crippen LogP contribution in [0.5, 0.6) is 5.75 Å². The van der Waals surface area contributed by atoms with E-state index in [9.17, 15) is 14.4 Å². The summed E-state index contributed by atoms with van der Waals surface area (Å²) in [5.41, 5.74) is 6.90. The van der Waals surface area contributed by atoms with Crippen LogP contribution in [-0.2, 0) is 31.1 Å². The minimum absolute atomic E-state index is 0.0779. The third kappa shape index (κ3) is 6.87. The van der Waals surface area contributed by atoms with Crippen molar-refractivity contribution < 1.29 is 34.1 Å². The minimum Gasteiger partial charge on any atom is -0.497 e. The first-order chi connectivity index (χ1) is 23.0. The van der Waals surface area contributed by atoms with Gasteiger partial charge in [0.05, 0.1) is 35.9 Å². The molecular weight excluding hydrogens is 612 g/mol. The summed E-state index contributed by atoms with van der Waals surface area (Å²) in [6.07, 6.45) is 6.63. The molecule has 1 saturated heterocycles. The molecule has 0 radical (unpaired) electrons. The van der Waals surface area contributed by atoms with Crippen molar-refractivity contribution in [3.63, 3.8) is 0 Å². The fourth-order valence-corrected chi connectivity index (χ4v) is 6.82. The van der Waals surface area contributed by atoms with Crippen molar-refractivity contribution >= 4 is 46.6 Å². The third-order valence-corrected chi connectivity index (χ3v) is 9.02. The standard InChI is InChI=1S/C33H34N4O3.C4H4O4/c1-20-17-37(18-21(2)40-20)19-23-6-4-22(5-7-23)8-12-29-26-11-9-24(14-31(26)36-35-29)28-16-33(28)27-15-25(39-3)10-13-30(27)34-32(33)38;5-3(6)1-2-4(7)8/h4-15,20-21,28H,16-19H2,1-3H3,(H,34,38)(H,35,36);1-2H,(H,5,6)(H,7,8)/b12-8+;2-1+/t20-,21+,28-,33-;/m0./s1. The number of benzene rings is 3. The lowest BCUT2D eigenvalue weighted by Crippen LogP contribution is -2.44. The average Bonchev–Trinajstić information content (AvgIpc) is 3.59. The van der Waals surface area contributed by atoms with Crippen LogP contribution >= 0.6 is 0 Å². The van der Waals surface area contributed by atoms with Gasteiger partial charge in [0.2, 0.25) is 5.91 Å². The molecule has 4 atom stereocenters. The molecule has 3 heterocycles. The molecule has 0 bridgehead atoms. The number of methoxy groups -OCH3 is 1. The van der Waals surface area contributed by atoms with Crippen LogP contribution in [0.2, 0.25) is 0 Å². The number of amides is 1. The van der Waals surface area contributed by atoms with Gasteiger partial charge in [-0.05, 0) is 72.9 Å². The van der Waals surface area contributed by atoms with Gasteiger partial charge >= 0.3 is 11.9 Å². The highest BCUT2D eigenvalue weighted by Crippen LogP contribution is 2.65. The smallest absolute Gasteiger partial charge is 0.328 e. The minimum atomic E-state index is -1.26. The number of aliphatic carboxylic acids is 2. The zero-order chi connectivity index (χ0) is 34.0. The summed E-state index contributed by atoms with van der Waals surface area (Å²) in [4.78, 5) is 34.6. The number of nitrogens with zero attached hydrogens (tertiary/aromatic N) is 2. The van der Waals surface area contributed by atoms with Gasteiger partial charge in [-0.3, -0.25) is 14.8 Å². The van der Waals surface area contributed by atoms with Gasteiger partial charge in [-0.15, -0.1) is 0 Å². The van der Waals surface area contributed by atoms with E-state index in [0.717, 1.165) is 70.8 Å². The Labute approximate surface area is 277 Å². The van der Waals surface area contributed by atoms with Gasteiger partial charge in [-0.25, -0.2) is 9.59 Å². The highest BCUT2D eigenvalue weighted by atomic mass is 16.5. The van der Waals surface area contributed by atoms with Gasteiger partial charge in [0.1, 0.15) is 5.75 Å².